The Labute approximate surface area is 141 Å². The third-order valence-corrected chi connectivity index (χ3v) is 6.06. The fraction of sp³-hybridized carbons (Fsp3) is 0.762. The summed E-state index contributed by atoms with van der Waals surface area (Å²) >= 11 is 0. The minimum Gasteiger partial charge on any atom is -0.458 e. The number of hydrogen-bond donors (Lipinski definition) is 0. The summed E-state index contributed by atoms with van der Waals surface area (Å²) in [5, 5.41) is 0. The summed E-state index contributed by atoms with van der Waals surface area (Å²) in [6, 6.07) is 0. The quantitative estimate of drug-likeness (QED) is 0.345. The highest BCUT2D eigenvalue weighted by atomic mass is 16.5. The van der Waals surface area contributed by atoms with Crippen LogP contribution in [0.1, 0.15) is 65.7 Å². The highest BCUT2D eigenvalue weighted by Crippen LogP contribution is 2.54. The first-order chi connectivity index (χ1) is 11.0. The van der Waals surface area contributed by atoms with Crippen LogP contribution in [-0.2, 0) is 9.53 Å². The SMILES string of the molecule is CC(C)CCCCCC(=O)O[C@H](C)C1=CC2C3C=CC(C3)C2C1. The van der Waals surface area contributed by atoms with Crippen molar-refractivity contribution < 1.29 is 9.53 Å². The molecule has 0 radical (unpaired) electrons. The lowest BCUT2D eigenvalue weighted by Crippen LogP contribution is -2.17. The molecule has 0 N–H and O–H groups in total. The Kier molecular flexibility index (Phi) is 5.28. The molecule has 2 bridgehead atoms. The summed E-state index contributed by atoms with van der Waals surface area (Å²) in [5.41, 5.74) is 1.37. The van der Waals surface area contributed by atoms with Gasteiger partial charge in [0.1, 0.15) is 6.10 Å². The summed E-state index contributed by atoms with van der Waals surface area (Å²) in [4.78, 5) is 12.0. The van der Waals surface area contributed by atoms with Gasteiger partial charge in [-0.1, -0.05) is 51.3 Å². The highest BCUT2D eigenvalue weighted by molar-refractivity contribution is 5.69. The van der Waals surface area contributed by atoms with Crippen molar-refractivity contribution in [1.82, 2.24) is 0 Å². The standard InChI is InChI=1S/C21H32O2/c1-14(2)7-5-4-6-8-21(22)23-15(3)18-12-19-16-9-10-17(11-16)20(19)13-18/h9-10,12,14-17,19-20H,4-8,11,13H2,1-3H3/t15-,16?,17?,19?,20?/m1/s1. The molecule has 0 amide bonds. The lowest BCUT2D eigenvalue weighted by atomic mass is 9.85. The Morgan fingerprint density at radius 1 is 1.17 bits per heavy atom. The molecule has 128 valence electrons. The largest absolute Gasteiger partial charge is 0.458 e. The number of unbranched alkanes of at least 4 members (excludes halogenated alkanes) is 2. The molecule has 4 unspecified atom stereocenters. The van der Waals surface area contributed by atoms with E-state index in [2.05, 4.69) is 39.0 Å². The van der Waals surface area contributed by atoms with Gasteiger partial charge in [-0.05, 0) is 61.3 Å². The molecule has 0 aromatic heterocycles. The van der Waals surface area contributed by atoms with Crippen LogP contribution in [0.15, 0.2) is 23.8 Å². The smallest absolute Gasteiger partial charge is 0.306 e. The number of allylic oxidation sites excluding steroid dienone is 3. The number of fused-ring (bicyclic) bond motifs is 5. The summed E-state index contributed by atoms with van der Waals surface area (Å²) < 4.78 is 5.69. The highest BCUT2D eigenvalue weighted by Gasteiger charge is 2.47. The molecular weight excluding hydrogens is 284 g/mol. The molecule has 0 saturated heterocycles. The second-order valence-electron chi connectivity index (χ2n) is 8.26. The van der Waals surface area contributed by atoms with Gasteiger partial charge in [-0.15, -0.1) is 0 Å². The zero-order chi connectivity index (χ0) is 16.4. The van der Waals surface area contributed by atoms with Crippen molar-refractivity contribution in [3.05, 3.63) is 23.8 Å². The lowest BCUT2D eigenvalue weighted by molar-refractivity contribution is -0.146. The maximum absolute atomic E-state index is 12.0. The monoisotopic (exact) mass is 316 g/mol. The Balaban J connectivity index is 1.37. The number of carbonyl (C=O) groups is 1. The van der Waals surface area contributed by atoms with Gasteiger partial charge >= 0.3 is 5.97 Å². The van der Waals surface area contributed by atoms with Crippen molar-refractivity contribution in [3.8, 4) is 0 Å². The molecule has 0 aromatic rings. The van der Waals surface area contributed by atoms with Crippen molar-refractivity contribution in [2.45, 2.75) is 71.8 Å². The van der Waals surface area contributed by atoms with Gasteiger partial charge < -0.3 is 4.74 Å². The average molecular weight is 316 g/mol. The zero-order valence-electron chi connectivity index (χ0n) is 15.0. The second kappa shape index (κ2) is 7.23. The first kappa shape index (κ1) is 16.8. The topological polar surface area (TPSA) is 26.3 Å². The van der Waals surface area contributed by atoms with Crippen LogP contribution in [0.25, 0.3) is 0 Å². The van der Waals surface area contributed by atoms with Crippen LogP contribution in [0, 0.1) is 29.6 Å². The molecular formula is C21H32O2. The van der Waals surface area contributed by atoms with Gasteiger partial charge in [-0.3, -0.25) is 4.79 Å². The number of ether oxygens (including phenoxy) is 1. The number of hydrogen-bond acceptors (Lipinski definition) is 2. The molecule has 0 heterocycles. The molecule has 3 aliphatic rings. The maximum Gasteiger partial charge on any atom is 0.306 e. The van der Waals surface area contributed by atoms with Crippen LogP contribution >= 0.6 is 0 Å². The maximum atomic E-state index is 12.0. The fourth-order valence-electron chi connectivity index (χ4n) is 4.72. The van der Waals surface area contributed by atoms with Crippen molar-refractivity contribution in [2.75, 3.05) is 0 Å². The van der Waals surface area contributed by atoms with E-state index >= 15 is 0 Å². The summed E-state index contributed by atoms with van der Waals surface area (Å²) in [6.07, 6.45) is 14.9. The Bertz CT molecular complexity index is 488. The van der Waals surface area contributed by atoms with Crippen molar-refractivity contribution in [1.29, 1.82) is 0 Å². The van der Waals surface area contributed by atoms with E-state index in [4.69, 9.17) is 4.74 Å². The number of esters is 1. The van der Waals surface area contributed by atoms with Gasteiger partial charge in [0.25, 0.3) is 0 Å². The van der Waals surface area contributed by atoms with Gasteiger partial charge in [0, 0.05) is 6.42 Å². The first-order valence-corrected chi connectivity index (χ1v) is 9.63. The normalized spacial score (nSPS) is 32.3. The average Bonchev–Trinajstić information content (AvgIpc) is 3.19. The number of carbonyl (C=O) groups excluding carboxylic acids is 1. The summed E-state index contributed by atoms with van der Waals surface area (Å²) in [6.45, 7) is 6.56. The van der Waals surface area contributed by atoms with Crippen molar-refractivity contribution >= 4 is 5.97 Å². The van der Waals surface area contributed by atoms with Gasteiger partial charge in [0.15, 0.2) is 0 Å². The van der Waals surface area contributed by atoms with Gasteiger partial charge in [0.2, 0.25) is 0 Å². The van der Waals surface area contributed by atoms with E-state index in [-0.39, 0.29) is 12.1 Å². The molecule has 3 aliphatic carbocycles. The molecule has 2 heteroatoms. The van der Waals surface area contributed by atoms with Gasteiger partial charge in [-0.2, -0.15) is 0 Å². The molecule has 2 nitrogen and oxygen atoms in total. The number of rotatable bonds is 8. The molecule has 1 saturated carbocycles. The van der Waals surface area contributed by atoms with E-state index in [9.17, 15) is 4.79 Å². The van der Waals surface area contributed by atoms with E-state index in [1.54, 1.807) is 0 Å². The minimum atomic E-state index is -0.0248. The summed E-state index contributed by atoms with van der Waals surface area (Å²) in [7, 11) is 0. The van der Waals surface area contributed by atoms with E-state index < -0.39 is 0 Å². The van der Waals surface area contributed by atoms with Gasteiger partial charge in [-0.25, -0.2) is 0 Å². The third kappa shape index (κ3) is 3.89. The second-order valence-corrected chi connectivity index (χ2v) is 8.26. The zero-order valence-corrected chi connectivity index (χ0v) is 15.0. The van der Waals surface area contributed by atoms with Crippen LogP contribution in [0.3, 0.4) is 0 Å². The Hall–Kier alpha value is -1.05. The Morgan fingerprint density at radius 2 is 1.96 bits per heavy atom. The van der Waals surface area contributed by atoms with Crippen molar-refractivity contribution in [2.24, 2.45) is 29.6 Å². The van der Waals surface area contributed by atoms with Crippen molar-refractivity contribution in [3.63, 3.8) is 0 Å². The Morgan fingerprint density at radius 3 is 2.70 bits per heavy atom. The third-order valence-electron chi connectivity index (χ3n) is 6.06. The predicted octanol–water partition coefficient (Wildman–Crippen LogP) is 5.29. The lowest BCUT2D eigenvalue weighted by Gasteiger charge is -2.20. The van der Waals surface area contributed by atoms with Crippen LogP contribution < -0.4 is 0 Å². The van der Waals surface area contributed by atoms with E-state index in [1.165, 1.54) is 24.8 Å². The molecule has 5 atom stereocenters. The van der Waals surface area contributed by atoms with Crippen LogP contribution in [0.4, 0.5) is 0 Å². The van der Waals surface area contributed by atoms with E-state index in [0.29, 0.717) is 6.42 Å². The summed E-state index contributed by atoms with van der Waals surface area (Å²) in [5.74, 6) is 3.80. The molecule has 23 heavy (non-hydrogen) atoms. The minimum absolute atomic E-state index is 0.0129. The molecule has 0 aromatic carbocycles. The molecule has 0 spiro atoms. The van der Waals surface area contributed by atoms with Crippen LogP contribution in [0.5, 0.6) is 0 Å². The molecule has 3 rings (SSSR count). The molecule has 1 fully saturated rings. The first-order valence-electron chi connectivity index (χ1n) is 9.63. The van der Waals surface area contributed by atoms with Gasteiger partial charge in [0.05, 0.1) is 0 Å². The fourth-order valence-corrected chi connectivity index (χ4v) is 4.72. The van der Waals surface area contributed by atoms with E-state index in [1.807, 2.05) is 0 Å². The van der Waals surface area contributed by atoms with E-state index in [0.717, 1.165) is 48.9 Å². The van der Waals surface area contributed by atoms with Crippen LogP contribution in [0.2, 0.25) is 0 Å². The van der Waals surface area contributed by atoms with Crippen LogP contribution in [-0.4, -0.2) is 12.1 Å². The predicted molar refractivity (Wildman–Crippen MR) is 93.9 cm³/mol. The molecule has 0 aliphatic heterocycles.